The van der Waals surface area contributed by atoms with Gasteiger partial charge in [0.2, 0.25) is 0 Å². The molecule has 0 N–H and O–H groups in total. The lowest BCUT2D eigenvalue weighted by Gasteiger charge is -2.38. The molecule has 1 unspecified atom stereocenters. The van der Waals surface area contributed by atoms with Gasteiger partial charge in [-0.25, -0.2) is 4.79 Å². The van der Waals surface area contributed by atoms with Gasteiger partial charge in [-0.15, -0.1) is 18.9 Å². The van der Waals surface area contributed by atoms with Gasteiger partial charge in [0, 0.05) is 60.8 Å². The van der Waals surface area contributed by atoms with E-state index in [2.05, 4.69) is 97.1 Å². The minimum atomic E-state index is -0.475. The van der Waals surface area contributed by atoms with Crippen LogP contribution in [0.2, 0.25) is 5.02 Å². The van der Waals surface area contributed by atoms with Gasteiger partial charge in [-0.2, -0.15) is 0 Å². The van der Waals surface area contributed by atoms with Gasteiger partial charge in [0.05, 0.1) is 0 Å². The van der Waals surface area contributed by atoms with Gasteiger partial charge in [-0.3, -0.25) is 4.99 Å². The molecule has 1 aliphatic heterocycles. The van der Waals surface area contributed by atoms with Crippen molar-refractivity contribution in [3.63, 3.8) is 0 Å². The SMILES string of the molecule is C#CCC.C/C=C(C(/C)=C/C(C)CC)\C(C(\C)=N\C=C\CC)=C(\C)N1CCN(C(=O)OC(C)(C)C)CC1.C=CC.CCCc1cccc(Cl)c1. The molecule has 6 heteroatoms. The number of hydrogen-bond acceptors (Lipinski definition) is 4. The molecule has 0 saturated carbocycles. The monoisotopic (exact) mass is 708 g/mol. The summed E-state index contributed by atoms with van der Waals surface area (Å²) in [6, 6.07) is 8.02. The van der Waals surface area contributed by atoms with Crippen molar-refractivity contribution in [2.45, 2.75) is 128 Å². The van der Waals surface area contributed by atoms with E-state index in [1.54, 1.807) is 6.08 Å². The largest absolute Gasteiger partial charge is 0.444 e. The van der Waals surface area contributed by atoms with E-state index < -0.39 is 5.60 Å². The Morgan fingerprint density at radius 1 is 1.08 bits per heavy atom. The van der Waals surface area contributed by atoms with Crippen molar-refractivity contribution in [3.8, 4) is 12.3 Å². The third-order valence-corrected chi connectivity index (χ3v) is 7.77. The summed E-state index contributed by atoms with van der Waals surface area (Å²) in [5.41, 5.74) is 6.76. The van der Waals surface area contributed by atoms with Crippen LogP contribution in [-0.2, 0) is 11.2 Å². The van der Waals surface area contributed by atoms with Crippen molar-refractivity contribution in [2.75, 3.05) is 26.2 Å². The number of carbonyl (C=O) groups excluding carboxylic acids is 1. The lowest BCUT2D eigenvalue weighted by molar-refractivity contribution is 0.0168. The van der Waals surface area contributed by atoms with E-state index in [0.717, 1.165) is 49.5 Å². The summed E-state index contributed by atoms with van der Waals surface area (Å²) in [6.45, 7) is 33.1. The van der Waals surface area contributed by atoms with Crippen LogP contribution in [-0.4, -0.2) is 53.4 Å². The Morgan fingerprint density at radius 2 is 1.64 bits per heavy atom. The first-order valence-electron chi connectivity index (χ1n) is 18.3. The number of terminal acetylenes is 1. The van der Waals surface area contributed by atoms with Gasteiger partial charge in [0.15, 0.2) is 0 Å². The van der Waals surface area contributed by atoms with Crippen molar-refractivity contribution in [3.05, 3.63) is 94.4 Å². The molecule has 2 rings (SSSR count). The van der Waals surface area contributed by atoms with Crippen LogP contribution >= 0.6 is 11.6 Å². The highest BCUT2D eigenvalue weighted by molar-refractivity contribution is 6.30. The molecule has 1 aromatic rings. The van der Waals surface area contributed by atoms with Crippen LogP contribution in [0, 0.1) is 18.3 Å². The van der Waals surface area contributed by atoms with Crippen LogP contribution in [0.25, 0.3) is 0 Å². The fourth-order valence-electron chi connectivity index (χ4n) is 4.88. The molecule has 1 aromatic carbocycles. The standard InChI is InChI=1S/C28H47N3O2.C9H11Cl.C4H6.C3H6/c1-11-14-15-29-23(6)26(25(13-3)22(5)20-21(4)12-2)24(7)30-16-18-31(19-17-30)27(32)33-28(8,9)10;1-2-4-8-5-3-6-9(10)7-8;1-3-4-2;1-3-2/h13-15,20-21H,11-12,16-19H2,1-10H3;3,5-7H,2,4H2,1H3;1H,4H2,2H3;3H,1H2,2H3/b15-14+,22-20+,25-13-,26-24-,29-23+;;;. The molecule has 1 atom stereocenters. The molecule has 0 spiro atoms. The normalized spacial score (nSPS) is 14.9. The van der Waals surface area contributed by atoms with Gasteiger partial charge < -0.3 is 14.5 Å². The van der Waals surface area contributed by atoms with Crippen LogP contribution in [0.5, 0.6) is 0 Å². The number of piperazine rings is 1. The number of aliphatic imine (C=N–C) groups is 1. The lowest BCUT2D eigenvalue weighted by Crippen LogP contribution is -2.49. The Labute approximate surface area is 313 Å². The van der Waals surface area contributed by atoms with E-state index in [9.17, 15) is 4.79 Å². The van der Waals surface area contributed by atoms with Crippen LogP contribution in [0.4, 0.5) is 4.79 Å². The van der Waals surface area contributed by atoms with Gasteiger partial charge in [0.25, 0.3) is 0 Å². The maximum Gasteiger partial charge on any atom is 0.410 e. The number of halogens is 1. The highest BCUT2D eigenvalue weighted by Gasteiger charge is 2.27. The fraction of sp³-hybridized carbons (Fsp3) is 0.545. The van der Waals surface area contributed by atoms with E-state index in [0.29, 0.717) is 19.0 Å². The molecule has 0 aliphatic carbocycles. The zero-order valence-corrected chi connectivity index (χ0v) is 34.7. The van der Waals surface area contributed by atoms with Crippen LogP contribution in [0.1, 0.15) is 121 Å². The van der Waals surface area contributed by atoms with E-state index in [4.69, 9.17) is 27.8 Å². The average Bonchev–Trinajstić information content (AvgIpc) is 3.07. The number of amides is 1. The maximum absolute atomic E-state index is 12.5. The Balaban J connectivity index is 0. The number of ether oxygens (including phenoxy) is 1. The second-order valence-electron chi connectivity index (χ2n) is 13.2. The molecule has 0 radical (unpaired) electrons. The first-order valence-corrected chi connectivity index (χ1v) is 18.7. The van der Waals surface area contributed by atoms with Gasteiger partial charge in [0.1, 0.15) is 5.60 Å². The lowest BCUT2D eigenvalue weighted by atomic mass is 9.91. The molecule has 1 amide bonds. The first-order chi connectivity index (χ1) is 23.6. The summed E-state index contributed by atoms with van der Waals surface area (Å²) in [6.07, 6.45) is 20.1. The third kappa shape index (κ3) is 21.6. The van der Waals surface area contributed by atoms with Crippen molar-refractivity contribution < 1.29 is 9.53 Å². The summed E-state index contributed by atoms with van der Waals surface area (Å²) in [5, 5.41) is 0.839. The Kier molecular flexibility index (Phi) is 27.5. The number of carbonyl (C=O) groups is 1. The third-order valence-electron chi connectivity index (χ3n) is 7.53. The molecule has 280 valence electrons. The first kappa shape index (κ1) is 48.6. The summed E-state index contributed by atoms with van der Waals surface area (Å²) in [5.74, 6) is 2.95. The molecule has 0 aromatic heterocycles. The highest BCUT2D eigenvalue weighted by atomic mass is 35.5. The van der Waals surface area contributed by atoms with Crippen molar-refractivity contribution >= 4 is 23.4 Å². The molecule has 0 bridgehead atoms. The zero-order valence-electron chi connectivity index (χ0n) is 34.0. The number of benzene rings is 1. The number of rotatable bonds is 10. The minimum Gasteiger partial charge on any atom is -0.444 e. The molecule has 5 nitrogen and oxygen atoms in total. The van der Waals surface area contributed by atoms with Crippen LogP contribution < -0.4 is 0 Å². The van der Waals surface area contributed by atoms with Gasteiger partial charge >= 0.3 is 6.09 Å². The zero-order chi connectivity index (χ0) is 38.7. The van der Waals surface area contributed by atoms with Crippen molar-refractivity contribution in [1.29, 1.82) is 0 Å². The quantitative estimate of drug-likeness (QED) is 0.105. The minimum absolute atomic E-state index is 0.229. The van der Waals surface area contributed by atoms with Crippen LogP contribution in [0.3, 0.4) is 0 Å². The Hall–Kier alpha value is -3.49. The summed E-state index contributed by atoms with van der Waals surface area (Å²) in [7, 11) is 0. The molecule has 1 heterocycles. The molecular weight excluding hydrogens is 638 g/mol. The number of allylic oxidation sites excluding steroid dienone is 8. The predicted molar refractivity (Wildman–Crippen MR) is 222 cm³/mol. The van der Waals surface area contributed by atoms with Crippen molar-refractivity contribution in [2.24, 2.45) is 10.9 Å². The number of hydrogen-bond donors (Lipinski definition) is 0. The van der Waals surface area contributed by atoms with Gasteiger partial charge in [-0.05, 0) is 103 Å². The maximum atomic E-state index is 12.5. The van der Waals surface area contributed by atoms with E-state index in [1.807, 2.05) is 63.9 Å². The average molecular weight is 709 g/mol. The topological polar surface area (TPSA) is 45.1 Å². The molecular formula is C44H70ClN3O2. The van der Waals surface area contributed by atoms with E-state index in [1.165, 1.54) is 34.4 Å². The van der Waals surface area contributed by atoms with E-state index >= 15 is 0 Å². The van der Waals surface area contributed by atoms with Crippen LogP contribution in [0.15, 0.2) is 88.8 Å². The number of aryl methyl sites for hydroxylation is 1. The molecule has 1 saturated heterocycles. The van der Waals surface area contributed by atoms with Crippen molar-refractivity contribution in [1.82, 2.24) is 9.80 Å². The summed E-state index contributed by atoms with van der Waals surface area (Å²) < 4.78 is 5.56. The number of nitrogens with zero attached hydrogens (tertiary/aromatic N) is 3. The molecule has 50 heavy (non-hydrogen) atoms. The Morgan fingerprint density at radius 3 is 2.08 bits per heavy atom. The fourth-order valence-corrected chi connectivity index (χ4v) is 5.09. The highest BCUT2D eigenvalue weighted by Crippen LogP contribution is 2.28. The van der Waals surface area contributed by atoms with Gasteiger partial charge in [-0.1, -0.05) is 95.5 Å². The summed E-state index contributed by atoms with van der Waals surface area (Å²) >= 11 is 5.78. The molecule has 1 fully saturated rings. The Bertz CT molecular complexity index is 1310. The second kappa shape index (κ2) is 28.2. The van der Waals surface area contributed by atoms with E-state index in [-0.39, 0.29) is 6.09 Å². The predicted octanol–water partition coefficient (Wildman–Crippen LogP) is 12.7. The summed E-state index contributed by atoms with van der Waals surface area (Å²) in [4.78, 5) is 21.4. The molecule has 1 aliphatic rings. The second-order valence-corrected chi connectivity index (χ2v) is 13.6. The smallest absolute Gasteiger partial charge is 0.410 e.